The van der Waals surface area contributed by atoms with E-state index in [-0.39, 0.29) is 11.9 Å². The van der Waals surface area contributed by atoms with Gasteiger partial charge < -0.3 is 15.4 Å². The van der Waals surface area contributed by atoms with E-state index in [2.05, 4.69) is 22.6 Å². The molecular formula is C14H19IN2O2. The molecular weight excluding hydrogens is 355 g/mol. The van der Waals surface area contributed by atoms with Crippen LogP contribution in [0.3, 0.4) is 0 Å². The first-order valence-electron chi connectivity index (χ1n) is 6.57. The second kappa shape index (κ2) is 7.09. The summed E-state index contributed by atoms with van der Waals surface area (Å²) in [4.78, 5) is 13.7. The van der Waals surface area contributed by atoms with Crippen LogP contribution in [0.5, 0.6) is 5.75 Å². The van der Waals surface area contributed by atoms with E-state index in [0.717, 1.165) is 25.1 Å². The number of rotatable bonds is 5. The van der Waals surface area contributed by atoms with E-state index >= 15 is 0 Å². The van der Waals surface area contributed by atoms with Gasteiger partial charge in [0.25, 0.3) is 0 Å². The Morgan fingerprint density at radius 2 is 2.16 bits per heavy atom. The predicted molar refractivity (Wildman–Crippen MR) is 83.1 cm³/mol. The van der Waals surface area contributed by atoms with Crippen molar-refractivity contribution in [2.75, 3.05) is 19.7 Å². The largest absolute Gasteiger partial charge is 0.494 e. The average molecular weight is 374 g/mol. The van der Waals surface area contributed by atoms with Crippen molar-refractivity contribution in [1.29, 1.82) is 0 Å². The lowest BCUT2D eigenvalue weighted by Crippen LogP contribution is -2.31. The van der Waals surface area contributed by atoms with Crippen LogP contribution in [0, 0.1) is 3.57 Å². The number of amides is 1. The van der Waals surface area contributed by atoms with Crippen LogP contribution < -0.4 is 10.5 Å². The molecule has 0 bridgehead atoms. The lowest BCUT2D eigenvalue weighted by atomic mass is 10.3. The standard InChI is InChI=1S/C14H19IN2O2/c15-11-3-5-13(6-4-11)19-9-1-2-14(18)17-8-7-12(16)10-17/h3-6,12H,1-2,7-10,16H2/t12-/m1/s1. The van der Waals surface area contributed by atoms with E-state index in [1.807, 2.05) is 29.2 Å². The van der Waals surface area contributed by atoms with E-state index in [1.165, 1.54) is 3.57 Å². The van der Waals surface area contributed by atoms with Gasteiger partial charge >= 0.3 is 0 Å². The molecule has 104 valence electrons. The molecule has 0 spiro atoms. The lowest BCUT2D eigenvalue weighted by molar-refractivity contribution is -0.130. The summed E-state index contributed by atoms with van der Waals surface area (Å²) in [6.07, 6.45) is 2.21. The molecule has 0 saturated carbocycles. The zero-order valence-corrected chi connectivity index (χ0v) is 13.0. The highest BCUT2D eigenvalue weighted by atomic mass is 127. The summed E-state index contributed by atoms with van der Waals surface area (Å²) in [5.74, 6) is 1.05. The van der Waals surface area contributed by atoms with Crippen molar-refractivity contribution >= 4 is 28.5 Å². The van der Waals surface area contributed by atoms with E-state index in [4.69, 9.17) is 10.5 Å². The summed E-state index contributed by atoms with van der Waals surface area (Å²) < 4.78 is 6.78. The van der Waals surface area contributed by atoms with E-state index in [0.29, 0.717) is 19.6 Å². The Morgan fingerprint density at radius 1 is 1.42 bits per heavy atom. The first kappa shape index (κ1) is 14.6. The third kappa shape index (κ3) is 4.65. The number of hydrogen-bond donors (Lipinski definition) is 1. The third-order valence-corrected chi connectivity index (χ3v) is 3.91. The number of benzene rings is 1. The first-order chi connectivity index (χ1) is 9.15. The summed E-state index contributed by atoms with van der Waals surface area (Å²) in [5, 5.41) is 0. The molecule has 19 heavy (non-hydrogen) atoms. The van der Waals surface area contributed by atoms with Gasteiger partial charge in [-0.15, -0.1) is 0 Å². The fourth-order valence-electron chi connectivity index (χ4n) is 2.12. The van der Waals surface area contributed by atoms with Crippen molar-refractivity contribution in [3.63, 3.8) is 0 Å². The van der Waals surface area contributed by atoms with Gasteiger partial charge in [0.15, 0.2) is 0 Å². The minimum absolute atomic E-state index is 0.159. The molecule has 1 atom stereocenters. The molecule has 0 radical (unpaired) electrons. The Kier molecular flexibility index (Phi) is 5.45. The Hall–Kier alpha value is -0.820. The number of nitrogens with two attached hydrogens (primary N) is 1. The Balaban J connectivity index is 1.64. The van der Waals surface area contributed by atoms with Gasteiger partial charge in [0.05, 0.1) is 6.61 Å². The molecule has 1 fully saturated rings. The number of carbonyl (C=O) groups excluding carboxylic acids is 1. The zero-order chi connectivity index (χ0) is 13.7. The molecule has 4 nitrogen and oxygen atoms in total. The van der Waals surface area contributed by atoms with Gasteiger partial charge in [-0.25, -0.2) is 0 Å². The molecule has 5 heteroatoms. The van der Waals surface area contributed by atoms with Crippen molar-refractivity contribution in [1.82, 2.24) is 4.90 Å². The second-order valence-electron chi connectivity index (χ2n) is 4.79. The molecule has 1 aromatic carbocycles. The molecule has 0 aromatic heterocycles. The van der Waals surface area contributed by atoms with Gasteiger partial charge in [0.1, 0.15) is 5.75 Å². The smallest absolute Gasteiger partial charge is 0.222 e. The van der Waals surface area contributed by atoms with Crippen LogP contribution in [0.15, 0.2) is 24.3 Å². The molecule has 1 amide bonds. The van der Waals surface area contributed by atoms with Crippen LogP contribution in [0.1, 0.15) is 19.3 Å². The Labute approximate surface area is 127 Å². The summed E-state index contributed by atoms with van der Waals surface area (Å²) in [7, 11) is 0. The van der Waals surface area contributed by atoms with Gasteiger partial charge in [-0.05, 0) is 59.7 Å². The average Bonchev–Trinajstić information content (AvgIpc) is 2.83. The Morgan fingerprint density at radius 3 is 2.79 bits per heavy atom. The minimum Gasteiger partial charge on any atom is -0.494 e. The van der Waals surface area contributed by atoms with Gasteiger partial charge in [-0.2, -0.15) is 0 Å². The fraction of sp³-hybridized carbons (Fsp3) is 0.500. The van der Waals surface area contributed by atoms with Crippen molar-refractivity contribution in [2.45, 2.75) is 25.3 Å². The summed E-state index contributed by atoms with van der Waals surface area (Å²) >= 11 is 2.26. The van der Waals surface area contributed by atoms with Crippen molar-refractivity contribution in [2.24, 2.45) is 5.73 Å². The topological polar surface area (TPSA) is 55.6 Å². The first-order valence-corrected chi connectivity index (χ1v) is 7.65. The number of carbonyl (C=O) groups is 1. The van der Waals surface area contributed by atoms with Crippen molar-refractivity contribution < 1.29 is 9.53 Å². The van der Waals surface area contributed by atoms with Gasteiger partial charge in [0, 0.05) is 29.1 Å². The van der Waals surface area contributed by atoms with Crippen molar-refractivity contribution in [3.8, 4) is 5.75 Å². The molecule has 1 saturated heterocycles. The van der Waals surface area contributed by atoms with Crippen LogP contribution in [-0.4, -0.2) is 36.5 Å². The third-order valence-electron chi connectivity index (χ3n) is 3.19. The van der Waals surface area contributed by atoms with Crippen LogP contribution in [-0.2, 0) is 4.79 Å². The van der Waals surface area contributed by atoms with Crippen molar-refractivity contribution in [3.05, 3.63) is 27.8 Å². The molecule has 2 rings (SSSR count). The van der Waals surface area contributed by atoms with Crippen LogP contribution in [0.4, 0.5) is 0 Å². The van der Waals surface area contributed by atoms with E-state index in [1.54, 1.807) is 0 Å². The lowest BCUT2D eigenvalue weighted by Gasteiger charge is -2.15. The predicted octanol–water partition coefficient (Wildman–Crippen LogP) is 2.01. The molecule has 0 aliphatic carbocycles. The monoisotopic (exact) mass is 374 g/mol. The second-order valence-corrected chi connectivity index (χ2v) is 6.04. The zero-order valence-electron chi connectivity index (χ0n) is 10.8. The number of hydrogen-bond acceptors (Lipinski definition) is 3. The molecule has 1 aliphatic rings. The summed E-state index contributed by atoms with van der Waals surface area (Å²) in [6.45, 7) is 2.08. The quantitative estimate of drug-likeness (QED) is 0.634. The SMILES string of the molecule is N[C@@H]1CCN(C(=O)CCCOc2ccc(I)cc2)C1. The number of halogens is 1. The number of nitrogens with zero attached hydrogens (tertiary/aromatic N) is 1. The van der Waals surface area contributed by atoms with Gasteiger partial charge in [-0.3, -0.25) is 4.79 Å². The van der Waals surface area contributed by atoms with Gasteiger partial charge in [0.2, 0.25) is 5.91 Å². The molecule has 1 aliphatic heterocycles. The Bertz CT molecular complexity index is 422. The van der Waals surface area contributed by atoms with Crippen LogP contribution >= 0.6 is 22.6 Å². The highest BCUT2D eigenvalue weighted by molar-refractivity contribution is 14.1. The van der Waals surface area contributed by atoms with E-state index < -0.39 is 0 Å². The fourth-order valence-corrected chi connectivity index (χ4v) is 2.48. The molecule has 1 heterocycles. The summed E-state index contributed by atoms with van der Waals surface area (Å²) in [5.41, 5.74) is 5.79. The van der Waals surface area contributed by atoms with Crippen LogP contribution in [0.2, 0.25) is 0 Å². The maximum absolute atomic E-state index is 11.9. The molecule has 2 N–H and O–H groups in total. The summed E-state index contributed by atoms with van der Waals surface area (Å²) in [6, 6.07) is 8.07. The maximum Gasteiger partial charge on any atom is 0.222 e. The minimum atomic E-state index is 0.159. The highest BCUT2D eigenvalue weighted by Gasteiger charge is 2.22. The van der Waals surface area contributed by atoms with E-state index in [9.17, 15) is 4.79 Å². The number of ether oxygens (including phenoxy) is 1. The highest BCUT2D eigenvalue weighted by Crippen LogP contribution is 2.14. The molecule has 0 unspecified atom stereocenters. The molecule has 1 aromatic rings. The maximum atomic E-state index is 11.9. The normalized spacial score (nSPS) is 18.6. The van der Waals surface area contributed by atoms with Crippen LogP contribution in [0.25, 0.3) is 0 Å². The number of likely N-dealkylation sites (tertiary alicyclic amines) is 1. The van der Waals surface area contributed by atoms with Gasteiger partial charge in [-0.1, -0.05) is 0 Å².